The number of alkyl halides is 3. The number of hydrogen-bond acceptors (Lipinski definition) is 1. The molecule has 0 fully saturated rings. The Morgan fingerprint density at radius 3 is 2.50 bits per heavy atom. The van der Waals surface area contributed by atoms with Gasteiger partial charge in [-0.25, -0.2) is 0 Å². The van der Waals surface area contributed by atoms with E-state index in [1.165, 1.54) is 13.2 Å². The van der Waals surface area contributed by atoms with Gasteiger partial charge in [-0.15, -0.1) is 11.8 Å². The summed E-state index contributed by atoms with van der Waals surface area (Å²) in [4.78, 5) is 0. The van der Waals surface area contributed by atoms with Crippen molar-refractivity contribution in [3.05, 3.63) is 29.3 Å². The third-order valence-electron chi connectivity index (χ3n) is 2.68. The summed E-state index contributed by atoms with van der Waals surface area (Å²) in [5.74, 6) is 5.98. The van der Waals surface area contributed by atoms with Crippen molar-refractivity contribution in [3.8, 4) is 17.6 Å². The predicted molar refractivity (Wildman–Crippen MR) is 64.5 cm³/mol. The van der Waals surface area contributed by atoms with Gasteiger partial charge in [-0.05, 0) is 30.5 Å². The Morgan fingerprint density at radius 2 is 2.00 bits per heavy atom. The third-order valence-corrected chi connectivity index (χ3v) is 2.68. The van der Waals surface area contributed by atoms with E-state index >= 15 is 0 Å². The van der Waals surface area contributed by atoms with Crippen LogP contribution in [0.25, 0.3) is 0 Å². The molecule has 0 spiro atoms. The van der Waals surface area contributed by atoms with Gasteiger partial charge in [0, 0.05) is 6.42 Å². The van der Waals surface area contributed by atoms with E-state index in [9.17, 15) is 13.2 Å². The van der Waals surface area contributed by atoms with E-state index in [1.807, 2.05) is 6.92 Å². The lowest BCUT2D eigenvalue weighted by atomic mass is 9.95. The van der Waals surface area contributed by atoms with Crippen LogP contribution in [0.3, 0.4) is 0 Å². The van der Waals surface area contributed by atoms with E-state index in [1.54, 1.807) is 6.92 Å². The summed E-state index contributed by atoms with van der Waals surface area (Å²) in [6, 6.07) is 3.57. The second-order valence-corrected chi connectivity index (χ2v) is 3.99. The molecule has 1 atom stereocenters. The summed E-state index contributed by atoms with van der Waals surface area (Å²) in [5, 5.41) is 0. The van der Waals surface area contributed by atoms with Crippen LogP contribution in [0, 0.1) is 11.8 Å². The fourth-order valence-corrected chi connectivity index (χ4v) is 1.66. The van der Waals surface area contributed by atoms with Crippen LogP contribution in [-0.2, 0) is 6.18 Å². The summed E-state index contributed by atoms with van der Waals surface area (Å²) in [6.07, 6.45) is -3.75. The van der Waals surface area contributed by atoms with Gasteiger partial charge >= 0.3 is 6.18 Å². The second-order valence-electron chi connectivity index (χ2n) is 3.99. The zero-order valence-electron chi connectivity index (χ0n) is 10.6. The number of ether oxygens (including phenoxy) is 1. The highest BCUT2D eigenvalue weighted by molar-refractivity contribution is 5.41. The largest absolute Gasteiger partial charge is 0.496 e. The molecular weight excluding hydrogens is 241 g/mol. The monoisotopic (exact) mass is 256 g/mol. The molecular formula is C14H15F3O. The second kappa shape index (κ2) is 5.81. The first-order valence-corrected chi connectivity index (χ1v) is 5.55. The van der Waals surface area contributed by atoms with Crippen LogP contribution in [0.2, 0.25) is 0 Å². The molecule has 0 bridgehead atoms. The molecule has 0 saturated heterocycles. The zero-order chi connectivity index (χ0) is 13.8. The Bertz CT molecular complexity index is 466. The van der Waals surface area contributed by atoms with E-state index in [0.717, 1.165) is 17.7 Å². The molecule has 0 amide bonds. The molecule has 0 aliphatic carbocycles. The minimum Gasteiger partial charge on any atom is -0.496 e. The molecule has 0 heterocycles. The number of benzene rings is 1. The summed E-state index contributed by atoms with van der Waals surface area (Å²) in [7, 11) is 1.37. The van der Waals surface area contributed by atoms with Crippen molar-refractivity contribution in [1.29, 1.82) is 0 Å². The molecule has 0 radical (unpaired) electrons. The topological polar surface area (TPSA) is 9.23 Å². The molecule has 1 nitrogen and oxygen atoms in total. The number of rotatable bonds is 3. The maximum atomic E-state index is 12.6. The number of methoxy groups -OCH3 is 1. The van der Waals surface area contributed by atoms with Gasteiger partial charge in [0.1, 0.15) is 5.75 Å². The lowest BCUT2D eigenvalue weighted by molar-refractivity contribution is -0.137. The number of halogens is 3. The van der Waals surface area contributed by atoms with Gasteiger partial charge < -0.3 is 4.74 Å². The van der Waals surface area contributed by atoms with Crippen molar-refractivity contribution in [3.63, 3.8) is 0 Å². The molecule has 18 heavy (non-hydrogen) atoms. The van der Waals surface area contributed by atoms with Crippen LogP contribution >= 0.6 is 0 Å². The van der Waals surface area contributed by atoms with Gasteiger partial charge in [0.05, 0.1) is 12.7 Å². The first kappa shape index (κ1) is 14.4. The lowest BCUT2D eigenvalue weighted by Crippen LogP contribution is -2.06. The molecule has 0 aliphatic rings. The maximum absolute atomic E-state index is 12.6. The molecule has 98 valence electrons. The summed E-state index contributed by atoms with van der Waals surface area (Å²) < 4.78 is 42.7. The smallest absolute Gasteiger partial charge is 0.416 e. The molecule has 0 saturated carbocycles. The van der Waals surface area contributed by atoms with Crippen molar-refractivity contribution in [2.75, 3.05) is 7.11 Å². The van der Waals surface area contributed by atoms with E-state index in [-0.39, 0.29) is 11.7 Å². The van der Waals surface area contributed by atoms with Crippen LogP contribution in [0.5, 0.6) is 5.75 Å². The molecule has 1 aromatic carbocycles. The van der Waals surface area contributed by atoms with Crippen LogP contribution in [0.4, 0.5) is 13.2 Å². The highest BCUT2D eigenvalue weighted by atomic mass is 19.4. The van der Waals surface area contributed by atoms with E-state index in [0.29, 0.717) is 6.42 Å². The van der Waals surface area contributed by atoms with Crippen molar-refractivity contribution in [2.45, 2.75) is 32.4 Å². The Morgan fingerprint density at radius 1 is 1.33 bits per heavy atom. The Kier molecular flexibility index (Phi) is 4.66. The van der Waals surface area contributed by atoms with Gasteiger partial charge in [-0.2, -0.15) is 13.2 Å². The van der Waals surface area contributed by atoms with Crippen LogP contribution in [-0.4, -0.2) is 7.11 Å². The van der Waals surface area contributed by atoms with Crippen molar-refractivity contribution in [1.82, 2.24) is 0 Å². The van der Waals surface area contributed by atoms with Gasteiger partial charge in [0.15, 0.2) is 0 Å². The maximum Gasteiger partial charge on any atom is 0.416 e. The van der Waals surface area contributed by atoms with E-state index in [2.05, 4.69) is 11.8 Å². The lowest BCUT2D eigenvalue weighted by Gasteiger charge is -2.16. The molecule has 1 aromatic rings. The predicted octanol–water partition coefficient (Wildman–Crippen LogP) is 4.23. The van der Waals surface area contributed by atoms with Crippen molar-refractivity contribution in [2.24, 2.45) is 0 Å². The molecule has 1 unspecified atom stereocenters. The molecule has 4 heteroatoms. The van der Waals surface area contributed by atoms with Gasteiger partial charge in [-0.1, -0.05) is 13.0 Å². The average Bonchev–Trinajstić information content (AvgIpc) is 2.34. The molecule has 0 aliphatic heterocycles. The highest BCUT2D eigenvalue weighted by Crippen LogP contribution is 2.36. The first-order valence-electron chi connectivity index (χ1n) is 5.55. The molecule has 0 N–H and O–H groups in total. The van der Waals surface area contributed by atoms with Crippen LogP contribution < -0.4 is 4.74 Å². The van der Waals surface area contributed by atoms with Gasteiger partial charge in [-0.3, -0.25) is 0 Å². The minimum atomic E-state index is -4.35. The fourth-order valence-electron chi connectivity index (χ4n) is 1.66. The zero-order valence-corrected chi connectivity index (χ0v) is 10.6. The molecule has 1 rings (SSSR count). The van der Waals surface area contributed by atoms with Crippen LogP contribution in [0.1, 0.15) is 37.3 Å². The first-order chi connectivity index (χ1) is 8.40. The van der Waals surface area contributed by atoms with Crippen LogP contribution in [0.15, 0.2) is 18.2 Å². The van der Waals surface area contributed by atoms with E-state index < -0.39 is 11.7 Å². The normalized spacial score (nSPS) is 12.6. The Hall–Kier alpha value is -1.63. The Labute approximate surface area is 105 Å². The highest BCUT2D eigenvalue weighted by Gasteiger charge is 2.31. The van der Waals surface area contributed by atoms with Gasteiger partial charge in [0.25, 0.3) is 0 Å². The Balaban J connectivity index is 3.10. The number of hydrogen-bond donors (Lipinski definition) is 0. The van der Waals surface area contributed by atoms with Gasteiger partial charge in [0.2, 0.25) is 0 Å². The van der Waals surface area contributed by atoms with Crippen molar-refractivity contribution < 1.29 is 17.9 Å². The SMILES string of the molecule is CC#CCC(C)c1ccc(C(F)(F)F)cc1OC. The average molecular weight is 256 g/mol. The third kappa shape index (κ3) is 3.43. The fraction of sp³-hybridized carbons (Fsp3) is 0.429. The summed E-state index contributed by atoms with van der Waals surface area (Å²) in [6.45, 7) is 3.64. The standard InChI is InChI=1S/C14H15F3O/c1-4-5-6-10(2)12-8-7-11(14(15,16)17)9-13(12)18-3/h7-10H,6H2,1-3H3. The minimum absolute atomic E-state index is 0.0367. The van der Waals surface area contributed by atoms with Crippen molar-refractivity contribution >= 4 is 0 Å². The molecule has 0 aromatic heterocycles. The summed E-state index contributed by atoms with van der Waals surface area (Å²) in [5.41, 5.74) is 0.0464. The van der Waals surface area contributed by atoms with E-state index in [4.69, 9.17) is 4.74 Å². The quantitative estimate of drug-likeness (QED) is 0.735. The summed E-state index contributed by atoms with van der Waals surface area (Å²) >= 11 is 0.